The van der Waals surface area contributed by atoms with Gasteiger partial charge in [0, 0.05) is 60.9 Å². The van der Waals surface area contributed by atoms with E-state index in [-0.39, 0.29) is 16.8 Å². The van der Waals surface area contributed by atoms with Crippen molar-refractivity contribution in [1.82, 2.24) is 0 Å². The van der Waals surface area contributed by atoms with E-state index in [0.717, 1.165) is 61.6 Å². The summed E-state index contributed by atoms with van der Waals surface area (Å²) in [5.74, 6) is 0. The van der Waals surface area contributed by atoms with Crippen molar-refractivity contribution in [3.63, 3.8) is 0 Å². The number of nitrogens with zero attached hydrogens (tertiary/aromatic N) is 4. The maximum atomic E-state index is 11.7. The SMILES string of the molecule is Cc1ccc(N2CCN(c3ccc(C)cc3)C2c2cc([N+](=O)[O-])ccc2N2CCCC2)cc1. The molecule has 0 N–H and O–H groups in total. The Bertz CT molecular complexity index is 1080. The number of benzene rings is 3. The molecule has 0 amide bonds. The van der Waals surface area contributed by atoms with Crippen LogP contribution in [0.4, 0.5) is 22.7 Å². The van der Waals surface area contributed by atoms with Crippen molar-refractivity contribution >= 4 is 22.7 Å². The zero-order valence-corrected chi connectivity index (χ0v) is 19.3. The quantitative estimate of drug-likeness (QED) is 0.367. The minimum atomic E-state index is -0.279. The summed E-state index contributed by atoms with van der Waals surface area (Å²) < 4.78 is 0. The molecule has 0 aromatic heterocycles. The first kappa shape index (κ1) is 21.3. The molecule has 2 aliphatic heterocycles. The van der Waals surface area contributed by atoms with Gasteiger partial charge in [-0.2, -0.15) is 0 Å². The van der Waals surface area contributed by atoms with Gasteiger partial charge in [-0.25, -0.2) is 0 Å². The summed E-state index contributed by atoms with van der Waals surface area (Å²) >= 11 is 0. The van der Waals surface area contributed by atoms with E-state index in [9.17, 15) is 10.1 Å². The topological polar surface area (TPSA) is 52.9 Å². The van der Waals surface area contributed by atoms with Crippen molar-refractivity contribution in [3.05, 3.63) is 93.5 Å². The van der Waals surface area contributed by atoms with Gasteiger partial charge in [-0.15, -0.1) is 0 Å². The summed E-state index contributed by atoms with van der Waals surface area (Å²) in [6.45, 7) is 7.87. The second-order valence-electron chi connectivity index (χ2n) is 9.13. The monoisotopic (exact) mass is 442 g/mol. The molecule has 0 aliphatic carbocycles. The number of hydrogen-bond acceptors (Lipinski definition) is 5. The van der Waals surface area contributed by atoms with Gasteiger partial charge in [-0.3, -0.25) is 10.1 Å². The van der Waals surface area contributed by atoms with Crippen LogP contribution in [0.2, 0.25) is 0 Å². The lowest BCUT2D eigenvalue weighted by molar-refractivity contribution is -0.384. The molecular formula is C27H30N4O2. The van der Waals surface area contributed by atoms with Crippen molar-refractivity contribution < 1.29 is 4.92 Å². The zero-order valence-electron chi connectivity index (χ0n) is 19.3. The molecule has 2 fully saturated rings. The fourth-order valence-electron chi connectivity index (χ4n) is 5.09. The average molecular weight is 443 g/mol. The van der Waals surface area contributed by atoms with Gasteiger partial charge in [0.2, 0.25) is 0 Å². The van der Waals surface area contributed by atoms with Crippen LogP contribution in [-0.2, 0) is 0 Å². The Balaban J connectivity index is 1.66. The Morgan fingerprint density at radius 1 is 0.758 bits per heavy atom. The van der Waals surface area contributed by atoms with Gasteiger partial charge in [0.1, 0.15) is 6.17 Å². The Morgan fingerprint density at radius 2 is 1.27 bits per heavy atom. The number of anilines is 3. The molecule has 6 nitrogen and oxygen atoms in total. The largest absolute Gasteiger partial charge is 0.371 e. The van der Waals surface area contributed by atoms with Gasteiger partial charge in [0.05, 0.1) is 4.92 Å². The van der Waals surface area contributed by atoms with Gasteiger partial charge in [0.25, 0.3) is 5.69 Å². The van der Waals surface area contributed by atoms with Crippen LogP contribution in [0.15, 0.2) is 66.7 Å². The summed E-state index contributed by atoms with van der Waals surface area (Å²) in [5, 5.41) is 11.7. The van der Waals surface area contributed by atoms with Gasteiger partial charge < -0.3 is 14.7 Å². The Labute approximate surface area is 195 Å². The smallest absolute Gasteiger partial charge is 0.270 e. The van der Waals surface area contributed by atoms with E-state index in [1.807, 2.05) is 6.07 Å². The van der Waals surface area contributed by atoms with E-state index >= 15 is 0 Å². The third-order valence-corrected chi connectivity index (χ3v) is 6.85. The maximum absolute atomic E-state index is 11.7. The van der Waals surface area contributed by atoms with Gasteiger partial charge in [0.15, 0.2) is 0 Å². The number of non-ortho nitro benzene ring substituents is 1. The number of aryl methyl sites for hydroxylation is 2. The molecule has 5 rings (SSSR count). The second kappa shape index (κ2) is 8.77. The lowest BCUT2D eigenvalue weighted by atomic mass is 10.0. The number of nitro groups is 1. The van der Waals surface area contributed by atoms with Crippen LogP contribution in [0, 0.1) is 24.0 Å². The van der Waals surface area contributed by atoms with E-state index in [0.29, 0.717) is 0 Å². The molecule has 3 aromatic rings. The molecule has 2 saturated heterocycles. The molecule has 6 heteroatoms. The normalized spacial score (nSPS) is 16.6. The minimum Gasteiger partial charge on any atom is -0.371 e. The average Bonchev–Trinajstić information content (AvgIpc) is 3.50. The fraction of sp³-hybridized carbons (Fsp3) is 0.333. The lowest BCUT2D eigenvalue weighted by Crippen LogP contribution is -2.33. The van der Waals surface area contributed by atoms with E-state index < -0.39 is 0 Å². The molecule has 0 spiro atoms. The van der Waals surface area contributed by atoms with Crippen LogP contribution >= 0.6 is 0 Å². The van der Waals surface area contributed by atoms with Crippen LogP contribution in [0.1, 0.15) is 35.7 Å². The number of hydrogen-bond donors (Lipinski definition) is 0. The Hall–Kier alpha value is -3.54. The van der Waals surface area contributed by atoms with E-state index in [2.05, 4.69) is 77.1 Å². The first-order valence-corrected chi connectivity index (χ1v) is 11.7. The summed E-state index contributed by atoms with van der Waals surface area (Å²) in [6.07, 6.45) is 2.19. The third kappa shape index (κ3) is 4.13. The first-order valence-electron chi connectivity index (χ1n) is 11.7. The highest BCUT2D eigenvalue weighted by atomic mass is 16.6. The van der Waals surface area contributed by atoms with Crippen LogP contribution in [0.5, 0.6) is 0 Å². The molecule has 0 bridgehead atoms. The highest BCUT2D eigenvalue weighted by molar-refractivity contribution is 5.67. The van der Waals surface area contributed by atoms with Gasteiger partial charge in [-0.05, 0) is 57.0 Å². The van der Waals surface area contributed by atoms with Crippen LogP contribution in [-0.4, -0.2) is 31.1 Å². The minimum absolute atomic E-state index is 0.120. The highest BCUT2D eigenvalue weighted by Crippen LogP contribution is 2.43. The standard InChI is InChI=1S/C27H30N4O2/c1-20-5-9-22(10-6-20)29-17-18-30(23-11-7-21(2)8-12-23)27(29)25-19-24(31(32)33)13-14-26(25)28-15-3-4-16-28/h5-14,19,27H,3-4,15-18H2,1-2H3. The highest BCUT2D eigenvalue weighted by Gasteiger charge is 2.37. The first-order chi connectivity index (χ1) is 16.0. The molecule has 0 radical (unpaired) electrons. The molecular weight excluding hydrogens is 412 g/mol. The summed E-state index contributed by atoms with van der Waals surface area (Å²) in [7, 11) is 0. The fourth-order valence-corrected chi connectivity index (χ4v) is 5.09. The van der Waals surface area contributed by atoms with Crippen LogP contribution in [0.3, 0.4) is 0 Å². The molecule has 0 unspecified atom stereocenters. The summed E-state index contributed by atoms with van der Waals surface area (Å²) in [4.78, 5) is 18.6. The third-order valence-electron chi connectivity index (χ3n) is 6.85. The van der Waals surface area contributed by atoms with Crippen LogP contribution in [0.25, 0.3) is 0 Å². The summed E-state index contributed by atoms with van der Waals surface area (Å²) in [5.41, 5.74) is 6.98. The van der Waals surface area contributed by atoms with E-state index in [1.54, 1.807) is 12.1 Å². The predicted molar refractivity (Wildman–Crippen MR) is 134 cm³/mol. The number of rotatable bonds is 5. The number of nitro benzene ring substituents is 1. The summed E-state index contributed by atoms with van der Waals surface area (Å²) in [6, 6.07) is 22.6. The van der Waals surface area contributed by atoms with Crippen LogP contribution < -0.4 is 14.7 Å². The van der Waals surface area contributed by atoms with E-state index in [4.69, 9.17) is 0 Å². The Kier molecular flexibility index (Phi) is 5.67. The molecule has 3 aromatic carbocycles. The molecule has 0 atom stereocenters. The molecule has 2 heterocycles. The van der Waals surface area contributed by atoms with E-state index in [1.165, 1.54) is 11.1 Å². The molecule has 33 heavy (non-hydrogen) atoms. The van der Waals surface area contributed by atoms with Crippen molar-refractivity contribution in [1.29, 1.82) is 0 Å². The second-order valence-corrected chi connectivity index (χ2v) is 9.13. The van der Waals surface area contributed by atoms with Gasteiger partial charge in [-0.1, -0.05) is 35.4 Å². The molecule has 170 valence electrons. The van der Waals surface area contributed by atoms with Crippen molar-refractivity contribution in [2.75, 3.05) is 40.9 Å². The lowest BCUT2D eigenvalue weighted by Gasteiger charge is -2.36. The zero-order chi connectivity index (χ0) is 22.9. The van der Waals surface area contributed by atoms with Gasteiger partial charge >= 0.3 is 0 Å². The van der Waals surface area contributed by atoms with Crippen molar-refractivity contribution in [3.8, 4) is 0 Å². The molecule has 2 aliphatic rings. The maximum Gasteiger partial charge on any atom is 0.270 e. The Morgan fingerprint density at radius 3 is 1.76 bits per heavy atom. The predicted octanol–water partition coefficient (Wildman–Crippen LogP) is 5.84. The molecule has 0 saturated carbocycles. The van der Waals surface area contributed by atoms with Crippen molar-refractivity contribution in [2.24, 2.45) is 0 Å². The van der Waals surface area contributed by atoms with Crippen molar-refractivity contribution in [2.45, 2.75) is 32.9 Å².